The van der Waals surface area contributed by atoms with Crippen LogP contribution in [0.4, 0.5) is 0 Å². The lowest BCUT2D eigenvalue weighted by Gasteiger charge is -2.30. The van der Waals surface area contributed by atoms with E-state index in [1.165, 1.54) is 32.1 Å². The summed E-state index contributed by atoms with van der Waals surface area (Å²) in [6.07, 6.45) is 11.1. The number of rotatable bonds is 3. The third kappa shape index (κ3) is 3.46. The van der Waals surface area contributed by atoms with E-state index in [2.05, 4.69) is 10.3 Å². The van der Waals surface area contributed by atoms with Crippen LogP contribution < -0.4 is 5.32 Å². The Hall–Kier alpha value is -1.49. The van der Waals surface area contributed by atoms with Gasteiger partial charge in [0.25, 0.3) is 0 Å². The molecule has 0 aromatic carbocycles. The van der Waals surface area contributed by atoms with Crippen LogP contribution in [0.5, 0.6) is 0 Å². The largest absolute Gasteiger partial charge is 0.338 e. The maximum Gasteiger partial charge on any atom is 0.223 e. The van der Waals surface area contributed by atoms with E-state index in [1.807, 2.05) is 11.1 Å². The fourth-order valence-electron chi connectivity index (χ4n) is 4.38. The molecular formula is C19H28N4O. The maximum atomic E-state index is 12.6. The van der Waals surface area contributed by atoms with Gasteiger partial charge in [-0.3, -0.25) is 4.79 Å². The van der Waals surface area contributed by atoms with Crippen LogP contribution in [0.3, 0.4) is 0 Å². The Morgan fingerprint density at radius 2 is 2.12 bits per heavy atom. The molecule has 0 unspecified atom stereocenters. The van der Waals surface area contributed by atoms with Gasteiger partial charge in [0.15, 0.2) is 0 Å². The van der Waals surface area contributed by atoms with Crippen molar-refractivity contribution in [1.82, 2.24) is 20.2 Å². The van der Waals surface area contributed by atoms with Crippen molar-refractivity contribution in [3.05, 3.63) is 23.3 Å². The minimum atomic E-state index is 0.330. The van der Waals surface area contributed by atoms with Crippen LogP contribution in [0, 0.1) is 5.92 Å². The van der Waals surface area contributed by atoms with Crippen LogP contribution in [0.1, 0.15) is 67.9 Å². The van der Waals surface area contributed by atoms with E-state index >= 15 is 0 Å². The van der Waals surface area contributed by atoms with Gasteiger partial charge in [-0.1, -0.05) is 19.3 Å². The van der Waals surface area contributed by atoms with Crippen molar-refractivity contribution >= 4 is 5.91 Å². The Balaban J connectivity index is 1.39. The monoisotopic (exact) mass is 328 g/mol. The number of amides is 1. The highest BCUT2D eigenvalue weighted by atomic mass is 16.2. The van der Waals surface area contributed by atoms with Crippen molar-refractivity contribution < 1.29 is 4.79 Å². The normalized spacial score (nSPS) is 24.8. The molecule has 3 aliphatic rings. The first-order valence-corrected chi connectivity index (χ1v) is 9.63. The molecule has 1 saturated heterocycles. The lowest BCUT2D eigenvalue weighted by Crippen LogP contribution is -2.37. The average Bonchev–Trinajstić information content (AvgIpc) is 3.16. The third-order valence-corrected chi connectivity index (χ3v) is 5.92. The molecule has 1 aliphatic carbocycles. The van der Waals surface area contributed by atoms with E-state index in [0.29, 0.717) is 24.3 Å². The van der Waals surface area contributed by atoms with Gasteiger partial charge in [-0.25, -0.2) is 9.97 Å². The summed E-state index contributed by atoms with van der Waals surface area (Å²) >= 11 is 0. The van der Waals surface area contributed by atoms with Crippen LogP contribution in [0.2, 0.25) is 0 Å². The summed E-state index contributed by atoms with van der Waals surface area (Å²) in [6.45, 7) is 3.57. The quantitative estimate of drug-likeness (QED) is 0.926. The SMILES string of the molecule is O=C(CC1CCCCC1)N1CCc2nc([C@@H]3CCNC3)ncc2C1. The molecule has 1 atom stereocenters. The molecular weight excluding hydrogens is 300 g/mol. The lowest BCUT2D eigenvalue weighted by molar-refractivity contribution is -0.133. The first kappa shape index (κ1) is 16.0. The van der Waals surface area contributed by atoms with Crippen molar-refractivity contribution in [2.75, 3.05) is 19.6 Å². The van der Waals surface area contributed by atoms with Gasteiger partial charge in [0.1, 0.15) is 5.82 Å². The standard InChI is InChI=1S/C19H28N4O/c24-18(10-14-4-2-1-3-5-14)23-9-7-17-16(13-23)12-21-19(22-17)15-6-8-20-11-15/h12,14-15,20H,1-11,13H2/t15-/m1/s1. The third-order valence-electron chi connectivity index (χ3n) is 5.92. The molecule has 0 spiro atoms. The molecule has 5 heteroatoms. The minimum absolute atomic E-state index is 0.330. The number of carbonyl (C=O) groups is 1. The Morgan fingerprint density at radius 3 is 2.92 bits per heavy atom. The Kier molecular flexibility index (Phi) is 4.79. The van der Waals surface area contributed by atoms with Gasteiger partial charge in [0.05, 0.1) is 5.69 Å². The second kappa shape index (κ2) is 7.18. The number of hydrogen-bond donors (Lipinski definition) is 1. The minimum Gasteiger partial charge on any atom is -0.338 e. The molecule has 1 saturated carbocycles. The van der Waals surface area contributed by atoms with Gasteiger partial charge in [0, 0.05) is 50.2 Å². The molecule has 130 valence electrons. The van der Waals surface area contributed by atoms with Crippen molar-refractivity contribution in [3.8, 4) is 0 Å². The van der Waals surface area contributed by atoms with Crippen molar-refractivity contribution in [3.63, 3.8) is 0 Å². The molecule has 1 amide bonds. The zero-order valence-electron chi connectivity index (χ0n) is 14.5. The fraction of sp³-hybridized carbons (Fsp3) is 0.737. The highest BCUT2D eigenvalue weighted by molar-refractivity contribution is 5.76. The lowest BCUT2D eigenvalue weighted by atomic mass is 9.86. The highest BCUT2D eigenvalue weighted by Gasteiger charge is 2.26. The summed E-state index contributed by atoms with van der Waals surface area (Å²) in [7, 11) is 0. The van der Waals surface area contributed by atoms with E-state index in [-0.39, 0.29) is 0 Å². The van der Waals surface area contributed by atoms with Gasteiger partial charge >= 0.3 is 0 Å². The fourth-order valence-corrected chi connectivity index (χ4v) is 4.38. The van der Waals surface area contributed by atoms with Crippen LogP contribution in [0.15, 0.2) is 6.20 Å². The van der Waals surface area contributed by atoms with Crippen LogP contribution in [0.25, 0.3) is 0 Å². The summed E-state index contributed by atoms with van der Waals surface area (Å²) in [6, 6.07) is 0. The van der Waals surface area contributed by atoms with E-state index in [9.17, 15) is 4.79 Å². The van der Waals surface area contributed by atoms with Gasteiger partial charge in [0.2, 0.25) is 5.91 Å². The highest BCUT2D eigenvalue weighted by Crippen LogP contribution is 2.28. The number of aromatic nitrogens is 2. The zero-order chi connectivity index (χ0) is 16.4. The second-order valence-corrected chi connectivity index (χ2v) is 7.66. The van der Waals surface area contributed by atoms with Crippen molar-refractivity contribution in [1.29, 1.82) is 0 Å². The molecule has 1 aromatic rings. The average molecular weight is 328 g/mol. The summed E-state index contributed by atoms with van der Waals surface area (Å²) in [4.78, 5) is 24.1. The van der Waals surface area contributed by atoms with E-state index < -0.39 is 0 Å². The van der Waals surface area contributed by atoms with Crippen molar-refractivity contribution in [2.45, 2.75) is 63.8 Å². The Bertz CT molecular complexity index is 591. The van der Waals surface area contributed by atoms with Crippen LogP contribution in [-0.2, 0) is 17.8 Å². The molecule has 2 fully saturated rings. The van der Waals surface area contributed by atoms with Gasteiger partial charge in [-0.15, -0.1) is 0 Å². The topological polar surface area (TPSA) is 58.1 Å². The summed E-state index contributed by atoms with van der Waals surface area (Å²) in [5.74, 6) is 2.39. The smallest absolute Gasteiger partial charge is 0.223 e. The molecule has 5 nitrogen and oxygen atoms in total. The molecule has 4 rings (SSSR count). The summed E-state index contributed by atoms with van der Waals surface area (Å²) < 4.78 is 0. The number of carbonyl (C=O) groups excluding carboxylic acids is 1. The maximum absolute atomic E-state index is 12.6. The van der Waals surface area contributed by atoms with Gasteiger partial charge in [-0.2, -0.15) is 0 Å². The number of nitrogens with zero attached hydrogens (tertiary/aromatic N) is 3. The van der Waals surface area contributed by atoms with Crippen molar-refractivity contribution in [2.24, 2.45) is 5.92 Å². The zero-order valence-corrected chi connectivity index (χ0v) is 14.5. The van der Waals surface area contributed by atoms with E-state index in [1.54, 1.807) is 0 Å². The predicted octanol–water partition coefficient (Wildman–Crippen LogP) is 2.41. The van der Waals surface area contributed by atoms with E-state index in [4.69, 9.17) is 4.98 Å². The number of hydrogen-bond acceptors (Lipinski definition) is 4. The number of nitrogens with one attached hydrogen (secondary N) is 1. The van der Waals surface area contributed by atoms with Crippen LogP contribution >= 0.6 is 0 Å². The molecule has 24 heavy (non-hydrogen) atoms. The number of fused-ring (bicyclic) bond motifs is 1. The summed E-state index contributed by atoms with van der Waals surface area (Å²) in [5, 5.41) is 3.38. The Labute approximate surface area is 144 Å². The molecule has 1 aromatic heterocycles. The van der Waals surface area contributed by atoms with Gasteiger partial charge in [-0.05, 0) is 31.7 Å². The molecule has 2 aliphatic heterocycles. The molecule has 0 bridgehead atoms. The predicted molar refractivity (Wildman–Crippen MR) is 92.6 cm³/mol. The summed E-state index contributed by atoms with van der Waals surface area (Å²) in [5.41, 5.74) is 2.31. The van der Waals surface area contributed by atoms with Crippen LogP contribution in [-0.4, -0.2) is 40.4 Å². The Morgan fingerprint density at radius 1 is 1.25 bits per heavy atom. The molecule has 0 radical (unpaired) electrons. The second-order valence-electron chi connectivity index (χ2n) is 7.66. The van der Waals surface area contributed by atoms with E-state index in [0.717, 1.165) is 56.0 Å². The molecule has 3 heterocycles. The first-order chi connectivity index (χ1) is 11.8. The molecule has 1 N–H and O–H groups in total. The van der Waals surface area contributed by atoms with Gasteiger partial charge < -0.3 is 10.2 Å². The first-order valence-electron chi connectivity index (χ1n) is 9.63.